The van der Waals surface area contributed by atoms with Crippen molar-refractivity contribution < 1.29 is 4.79 Å². The molecule has 1 aromatic carbocycles. The lowest BCUT2D eigenvalue weighted by Gasteiger charge is -2.11. The standard InChI is InChI=1S/C10H10Cl3NO/c1-6(5-11)10(15)14-9-7(12)3-2-4-8(9)13/h2-4,6H,5H2,1H3,(H,14,15). The van der Waals surface area contributed by atoms with Crippen molar-refractivity contribution in [3.8, 4) is 0 Å². The molecule has 0 aliphatic carbocycles. The monoisotopic (exact) mass is 265 g/mol. The number of carbonyl (C=O) groups is 1. The number of para-hydroxylation sites is 1. The number of anilines is 1. The van der Waals surface area contributed by atoms with Crippen LogP contribution in [-0.4, -0.2) is 11.8 Å². The van der Waals surface area contributed by atoms with Crippen LogP contribution in [0.25, 0.3) is 0 Å². The van der Waals surface area contributed by atoms with Gasteiger partial charge in [0.05, 0.1) is 15.7 Å². The van der Waals surface area contributed by atoms with E-state index in [1.54, 1.807) is 25.1 Å². The average Bonchev–Trinajstić information content (AvgIpc) is 2.22. The summed E-state index contributed by atoms with van der Waals surface area (Å²) in [5.41, 5.74) is 0.433. The van der Waals surface area contributed by atoms with Crippen LogP contribution in [0, 0.1) is 5.92 Å². The summed E-state index contributed by atoms with van der Waals surface area (Å²) in [5.74, 6) is -0.215. The first kappa shape index (κ1) is 12.6. The molecule has 0 saturated carbocycles. The molecule has 1 rings (SSSR count). The lowest BCUT2D eigenvalue weighted by atomic mass is 10.2. The van der Waals surface area contributed by atoms with Gasteiger partial charge >= 0.3 is 0 Å². The molecule has 1 unspecified atom stereocenters. The van der Waals surface area contributed by atoms with E-state index in [1.807, 2.05) is 0 Å². The summed E-state index contributed by atoms with van der Waals surface area (Å²) in [5, 5.41) is 3.47. The van der Waals surface area contributed by atoms with Crippen LogP contribution in [0.2, 0.25) is 10.0 Å². The second-order valence-corrected chi connectivity index (χ2v) is 4.26. The second kappa shape index (κ2) is 5.59. The Bertz CT molecular complexity index is 347. The van der Waals surface area contributed by atoms with Gasteiger partial charge in [-0.15, -0.1) is 11.6 Å². The maximum absolute atomic E-state index is 11.5. The van der Waals surface area contributed by atoms with Gasteiger partial charge in [-0.05, 0) is 12.1 Å². The zero-order valence-corrected chi connectivity index (χ0v) is 10.3. The molecular weight excluding hydrogens is 256 g/mol. The highest BCUT2D eigenvalue weighted by Crippen LogP contribution is 2.30. The summed E-state index contributed by atoms with van der Waals surface area (Å²) in [6, 6.07) is 5.04. The Morgan fingerprint density at radius 2 is 1.93 bits per heavy atom. The number of benzene rings is 1. The molecule has 0 saturated heterocycles. The van der Waals surface area contributed by atoms with Crippen molar-refractivity contribution in [1.82, 2.24) is 0 Å². The van der Waals surface area contributed by atoms with E-state index in [9.17, 15) is 4.79 Å². The lowest BCUT2D eigenvalue weighted by molar-refractivity contribution is -0.118. The van der Waals surface area contributed by atoms with E-state index < -0.39 is 0 Å². The Hall–Kier alpha value is -0.440. The number of nitrogens with one attached hydrogen (secondary N) is 1. The summed E-state index contributed by atoms with van der Waals surface area (Å²) < 4.78 is 0. The predicted molar refractivity (Wildman–Crippen MR) is 65.0 cm³/mol. The van der Waals surface area contributed by atoms with Crippen LogP contribution in [0.15, 0.2) is 18.2 Å². The van der Waals surface area contributed by atoms with Crippen molar-refractivity contribution >= 4 is 46.4 Å². The van der Waals surface area contributed by atoms with Crippen molar-refractivity contribution in [3.63, 3.8) is 0 Å². The summed E-state index contributed by atoms with van der Waals surface area (Å²) in [6.07, 6.45) is 0. The van der Waals surface area contributed by atoms with E-state index in [2.05, 4.69) is 5.32 Å². The zero-order chi connectivity index (χ0) is 11.4. The number of hydrogen-bond donors (Lipinski definition) is 1. The summed E-state index contributed by atoms with van der Waals surface area (Å²) in [4.78, 5) is 11.5. The molecule has 1 atom stereocenters. The van der Waals surface area contributed by atoms with Gasteiger partial charge in [0.2, 0.25) is 5.91 Å². The van der Waals surface area contributed by atoms with Gasteiger partial charge < -0.3 is 5.32 Å². The maximum atomic E-state index is 11.5. The Balaban J connectivity index is 2.85. The molecule has 0 aliphatic heterocycles. The van der Waals surface area contributed by atoms with Gasteiger partial charge in [-0.2, -0.15) is 0 Å². The SMILES string of the molecule is CC(CCl)C(=O)Nc1c(Cl)cccc1Cl. The topological polar surface area (TPSA) is 29.1 Å². The quantitative estimate of drug-likeness (QED) is 0.828. The summed E-state index contributed by atoms with van der Waals surface area (Å²) >= 11 is 17.3. The third kappa shape index (κ3) is 3.26. The number of hydrogen-bond acceptors (Lipinski definition) is 1. The zero-order valence-electron chi connectivity index (χ0n) is 8.06. The molecule has 0 bridgehead atoms. The Morgan fingerprint density at radius 1 is 1.40 bits per heavy atom. The third-order valence-corrected chi connectivity index (χ3v) is 2.98. The largest absolute Gasteiger partial charge is 0.323 e. The molecule has 0 spiro atoms. The molecule has 0 radical (unpaired) electrons. The summed E-state index contributed by atoms with van der Waals surface area (Å²) in [7, 11) is 0. The number of alkyl halides is 1. The molecule has 5 heteroatoms. The average molecular weight is 267 g/mol. The van der Waals surface area contributed by atoms with Crippen molar-refractivity contribution in [1.29, 1.82) is 0 Å². The number of halogens is 3. The number of amides is 1. The highest BCUT2D eigenvalue weighted by molar-refractivity contribution is 6.39. The molecular formula is C10H10Cl3NO. The molecule has 1 aromatic rings. The van der Waals surface area contributed by atoms with Crippen molar-refractivity contribution in [2.45, 2.75) is 6.92 Å². The molecule has 0 aromatic heterocycles. The van der Waals surface area contributed by atoms with Gasteiger partial charge in [0.15, 0.2) is 0 Å². The molecule has 0 aliphatic rings. The Kier molecular flexibility index (Phi) is 4.71. The van der Waals surface area contributed by atoms with Gasteiger partial charge in [-0.25, -0.2) is 0 Å². The highest BCUT2D eigenvalue weighted by Gasteiger charge is 2.14. The van der Waals surface area contributed by atoms with Crippen molar-refractivity contribution in [3.05, 3.63) is 28.2 Å². The smallest absolute Gasteiger partial charge is 0.228 e. The molecule has 82 valence electrons. The fourth-order valence-corrected chi connectivity index (χ4v) is 1.57. The van der Waals surface area contributed by atoms with E-state index in [-0.39, 0.29) is 17.7 Å². The van der Waals surface area contributed by atoms with Crippen LogP contribution in [0.5, 0.6) is 0 Å². The maximum Gasteiger partial charge on any atom is 0.228 e. The van der Waals surface area contributed by atoms with Gasteiger partial charge in [-0.3, -0.25) is 4.79 Å². The fourth-order valence-electron chi connectivity index (χ4n) is 0.934. The minimum absolute atomic E-state index is 0.194. The van der Waals surface area contributed by atoms with Gasteiger partial charge in [0, 0.05) is 11.8 Å². The number of carbonyl (C=O) groups excluding carboxylic acids is 1. The molecule has 0 fully saturated rings. The van der Waals surface area contributed by atoms with E-state index in [1.165, 1.54) is 0 Å². The molecule has 1 amide bonds. The molecule has 2 nitrogen and oxygen atoms in total. The van der Waals surface area contributed by atoms with E-state index in [0.717, 1.165) is 0 Å². The highest BCUT2D eigenvalue weighted by atomic mass is 35.5. The first-order valence-electron chi connectivity index (χ1n) is 4.37. The van der Waals surface area contributed by atoms with E-state index in [0.29, 0.717) is 15.7 Å². The molecule has 1 N–H and O–H groups in total. The molecule has 15 heavy (non-hydrogen) atoms. The van der Waals surface area contributed by atoms with Gasteiger partial charge in [0.25, 0.3) is 0 Å². The van der Waals surface area contributed by atoms with E-state index >= 15 is 0 Å². The first-order chi connectivity index (χ1) is 7.06. The second-order valence-electron chi connectivity index (χ2n) is 3.14. The Labute approximate surface area is 104 Å². The Morgan fingerprint density at radius 3 is 2.40 bits per heavy atom. The van der Waals surface area contributed by atoms with Crippen molar-refractivity contribution in [2.24, 2.45) is 5.92 Å². The number of rotatable bonds is 3. The van der Waals surface area contributed by atoms with Crippen LogP contribution in [0.1, 0.15) is 6.92 Å². The van der Waals surface area contributed by atoms with Crippen LogP contribution in [-0.2, 0) is 4.79 Å². The third-order valence-electron chi connectivity index (χ3n) is 1.89. The van der Waals surface area contributed by atoms with Crippen LogP contribution in [0.4, 0.5) is 5.69 Å². The van der Waals surface area contributed by atoms with Gasteiger partial charge in [-0.1, -0.05) is 36.2 Å². The lowest BCUT2D eigenvalue weighted by Crippen LogP contribution is -2.21. The van der Waals surface area contributed by atoms with Crippen molar-refractivity contribution in [2.75, 3.05) is 11.2 Å². The van der Waals surface area contributed by atoms with Crippen LogP contribution < -0.4 is 5.32 Å². The first-order valence-corrected chi connectivity index (χ1v) is 5.66. The van der Waals surface area contributed by atoms with E-state index in [4.69, 9.17) is 34.8 Å². The minimum Gasteiger partial charge on any atom is -0.323 e. The van der Waals surface area contributed by atoms with Crippen LogP contribution in [0.3, 0.4) is 0 Å². The fraction of sp³-hybridized carbons (Fsp3) is 0.300. The minimum atomic E-state index is -0.279. The normalized spacial score (nSPS) is 12.3. The molecule has 0 heterocycles. The van der Waals surface area contributed by atoms with Gasteiger partial charge in [0.1, 0.15) is 0 Å². The predicted octanol–water partition coefficient (Wildman–Crippen LogP) is 3.81. The summed E-state index contributed by atoms with van der Waals surface area (Å²) in [6.45, 7) is 1.73. The van der Waals surface area contributed by atoms with Crippen LogP contribution >= 0.6 is 34.8 Å².